The van der Waals surface area contributed by atoms with E-state index in [1.807, 2.05) is 30.7 Å². The molecule has 42 heavy (non-hydrogen) atoms. The van der Waals surface area contributed by atoms with E-state index < -0.39 is 0 Å². The van der Waals surface area contributed by atoms with Gasteiger partial charge >= 0.3 is 0 Å². The third-order valence-corrected chi connectivity index (χ3v) is 10.4. The van der Waals surface area contributed by atoms with Crippen molar-refractivity contribution >= 4 is 21.9 Å². The Bertz CT molecular complexity index is 1770. The molecule has 2 aliphatic carbocycles. The molecule has 0 bridgehead atoms. The third kappa shape index (κ3) is 4.73. The normalized spacial score (nSPS) is 20.0. The molecule has 5 aromatic rings. The summed E-state index contributed by atoms with van der Waals surface area (Å²) >= 11 is 0. The number of rotatable bonds is 4. The fraction of sp³-hybridized carbons (Fsp3) is 0.395. The molecular weight excluding hydrogens is 524 g/mol. The van der Waals surface area contributed by atoms with Crippen molar-refractivity contribution in [3.63, 3.8) is 0 Å². The first-order valence-corrected chi connectivity index (χ1v) is 15.8. The minimum absolute atomic E-state index is 0.259. The molecule has 4 heteroatoms. The molecule has 2 saturated carbocycles. The molecule has 0 saturated heterocycles. The lowest BCUT2D eigenvalue weighted by Gasteiger charge is -2.36. The fourth-order valence-electron chi connectivity index (χ4n) is 8.02. The molecule has 3 aromatic carbocycles. The van der Waals surface area contributed by atoms with Crippen molar-refractivity contribution in [3.05, 3.63) is 89.1 Å². The number of benzene rings is 3. The second kappa shape index (κ2) is 10.9. The maximum Gasteiger partial charge on any atom is 0.219 e. The van der Waals surface area contributed by atoms with Crippen molar-refractivity contribution in [2.24, 2.45) is 18.9 Å². The molecule has 0 N–H and O–H groups in total. The highest BCUT2D eigenvalue weighted by Crippen LogP contribution is 2.45. The lowest BCUT2D eigenvalue weighted by Crippen LogP contribution is -2.31. The lowest BCUT2D eigenvalue weighted by molar-refractivity contribution is -0.661. The van der Waals surface area contributed by atoms with Crippen LogP contribution in [-0.2, 0) is 7.05 Å². The maximum absolute atomic E-state index is 15.6. The molecule has 0 aliphatic heterocycles. The van der Waals surface area contributed by atoms with Gasteiger partial charge in [0.1, 0.15) is 29.8 Å². The summed E-state index contributed by atoms with van der Waals surface area (Å²) in [6, 6.07) is 17.5. The Hall–Kier alpha value is -3.53. The Labute approximate surface area is 247 Å². The molecule has 0 amide bonds. The van der Waals surface area contributed by atoms with Crippen LogP contribution in [0.5, 0.6) is 0 Å². The molecule has 2 aromatic heterocycles. The minimum atomic E-state index is -0.299. The van der Waals surface area contributed by atoms with Crippen LogP contribution in [0.4, 0.5) is 8.78 Å². The Morgan fingerprint density at radius 3 is 2.02 bits per heavy atom. The van der Waals surface area contributed by atoms with Gasteiger partial charge in [0.2, 0.25) is 5.69 Å². The largest absolute Gasteiger partial charge is 0.454 e. The molecule has 0 unspecified atom stereocenters. The van der Waals surface area contributed by atoms with Gasteiger partial charge in [0.05, 0.1) is 11.1 Å². The molecule has 7 rings (SSSR count). The van der Waals surface area contributed by atoms with Gasteiger partial charge in [0.25, 0.3) is 0 Å². The molecular formula is C38H40F2NO+. The van der Waals surface area contributed by atoms with E-state index >= 15 is 4.39 Å². The molecule has 2 aliphatic rings. The SMILES string of the molecule is Cc1c[n+](C)c(-c2c(C)ccc3c2oc2c(-c4ccc(C5CCC(C6CCCCC6)CC5)cc4)c(F)ccc23)cc1F. The Balaban J connectivity index is 1.24. The van der Waals surface area contributed by atoms with Crippen LogP contribution in [0.2, 0.25) is 0 Å². The van der Waals surface area contributed by atoms with Gasteiger partial charge in [-0.15, -0.1) is 0 Å². The highest BCUT2D eigenvalue weighted by Gasteiger charge is 2.29. The zero-order valence-electron chi connectivity index (χ0n) is 25.0. The van der Waals surface area contributed by atoms with E-state index in [1.54, 1.807) is 25.3 Å². The summed E-state index contributed by atoms with van der Waals surface area (Å²) in [6.45, 7) is 3.76. The van der Waals surface area contributed by atoms with Crippen LogP contribution in [0.25, 0.3) is 44.3 Å². The summed E-state index contributed by atoms with van der Waals surface area (Å²) in [7, 11) is 1.91. The minimum Gasteiger partial charge on any atom is -0.454 e. The molecule has 2 nitrogen and oxygen atoms in total. The molecule has 0 atom stereocenters. The standard InChI is InChI=1S/C38H40F2NO/c1-23-9-18-30-31-19-20-32(39)36(38(31)42-37(30)35(23)34-21-33(40)24(2)22-41(34)3)29-16-14-28(15-17-29)27-12-10-26(11-13-27)25-7-5-4-6-8-25/h9,14-22,25-27H,4-8,10-13H2,1-3H3/q+1. The van der Waals surface area contributed by atoms with Gasteiger partial charge in [-0.3, -0.25) is 0 Å². The second-order valence-electron chi connectivity index (χ2n) is 13.0. The highest BCUT2D eigenvalue weighted by atomic mass is 19.1. The van der Waals surface area contributed by atoms with E-state index in [0.29, 0.717) is 28.2 Å². The van der Waals surface area contributed by atoms with E-state index in [1.165, 1.54) is 69.4 Å². The Kier molecular flexibility index (Phi) is 7.12. The number of pyridine rings is 1. The van der Waals surface area contributed by atoms with Crippen molar-refractivity contribution in [2.75, 3.05) is 0 Å². The smallest absolute Gasteiger partial charge is 0.219 e. The first-order valence-electron chi connectivity index (χ1n) is 15.8. The fourth-order valence-corrected chi connectivity index (χ4v) is 8.02. The van der Waals surface area contributed by atoms with Crippen LogP contribution < -0.4 is 4.57 Å². The average Bonchev–Trinajstić information content (AvgIpc) is 3.38. The van der Waals surface area contributed by atoms with Gasteiger partial charge in [0.15, 0.2) is 6.20 Å². The first-order chi connectivity index (χ1) is 20.4. The van der Waals surface area contributed by atoms with Crippen LogP contribution in [0, 0.1) is 37.3 Å². The van der Waals surface area contributed by atoms with Crippen LogP contribution in [0.1, 0.15) is 80.4 Å². The molecule has 216 valence electrons. The second-order valence-corrected chi connectivity index (χ2v) is 13.0. The number of nitrogens with zero attached hydrogens (tertiary/aromatic N) is 1. The van der Waals surface area contributed by atoms with Crippen LogP contribution in [-0.4, -0.2) is 0 Å². The van der Waals surface area contributed by atoms with Crippen molar-refractivity contribution in [2.45, 2.75) is 77.6 Å². The summed E-state index contributed by atoms with van der Waals surface area (Å²) in [5.41, 5.74) is 6.98. The number of hydrogen-bond donors (Lipinski definition) is 0. The maximum atomic E-state index is 15.6. The van der Waals surface area contributed by atoms with E-state index in [-0.39, 0.29) is 11.6 Å². The molecule has 0 spiro atoms. The van der Waals surface area contributed by atoms with Gasteiger partial charge in [-0.25, -0.2) is 13.3 Å². The van der Waals surface area contributed by atoms with Gasteiger partial charge in [-0.1, -0.05) is 68.5 Å². The topological polar surface area (TPSA) is 17.0 Å². The summed E-state index contributed by atoms with van der Waals surface area (Å²) < 4.78 is 38.7. The summed E-state index contributed by atoms with van der Waals surface area (Å²) in [4.78, 5) is 0. The van der Waals surface area contributed by atoms with Crippen molar-refractivity contribution in [1.82, 2.24) is 0 Å². The Morgan fingerprint density at radius 2 is 1.31 bits per heavy atom. The monoisotopic (exact) mass is 564 g/mol. The number of aromatic nitrogens is 1. The lowest BCUT2D eigenvalue weighted by atomic mass is 9.70. The van der Waals surface area contributed by atoms with Crippen molar-refractivity contribution < 1.29 is 17.8 Å². The van der Waals surface area contributed by atoms with Crippen molar-refractivity contribution in [1.29, 1.82) is 0 Å². The zero-order chi connectivity index (χ0) is 29.0. The van der Waals surface area contributed by atoms with Crippen LogP contribution in [0.3, 0.4) is 0 Å². The molecule has 0 radical (unpaired) electrons. The third-order valence-electron chi connectivity index (χ3n) is 10.4. The highest BCUT2D eigenvalue weighted by molar-refractivity contribution is 6.13. The predicted octanol–water partition coefficient (Wildman–Crippen LogP) is 10.5. The predicted molar refractivity (Wildman–Crippen MR) is 166 cm³/mol. The number of hydrogen-bond acceptors (Lipinski definition) is 1. The Morgan fingerprint density at radius 1 is 0.667 bits per heavy atom. The first kappa shape index (κ1) is 27.3. The van der Waals surface area contributed by atoms with E-state index in [0.717, 1.165) is 45.0 Å². The summed E-state index contributed by atoms with van der Waals surface area (Å²) in [5.74, 6) is 1.89. The van der Waals surface area contributed by atoms with Crippen LogP contribution in [0.15, 0.2) is 65.2 Å². The zero-order valence-corrected chi connectivity index (χ0v) is 25.0. The molecule has 2 fully saturated rings. The van der Waals surface area contributed by atoms with Gasteiger partial charge in [-0.2, -0.15) is 0 Å². The van der Waals surface area contributed by atoms with Gasteiger partial charge in [-0.05, 0) is 86.1 Å². The number of furan rings is 1. The van der Waals surface area contributed by atoms with Gasteiger partial charge in [0, 0.05) is 22.4 Å². The van der Waals surface area contributed by atoms with E-state index in [4.69, 9.17) is 4.42 Å². The van der Waals surface area contributed by atoms with Crippen LogP contribution >= 0.6 is 0 Å². The average molecular weight is 565 g/mol. The number of halogens is 2. The van der Waals surface area contributed by atoms with E-state index in [9.17, 15) is 4.39 Å². The quantitative estimate of drug-likeness (QED) is 0.198. The van der Waals surface area contributed by atoms with Crippen molar-refractivity contribution in [3.8, 4) is 22.4 Å². The number of aryl methyl sites for hydroxylation is 3. The van der Waals surface area contributed by atoms with Gasteiger partial charge < -0.3 is 4.42 Å². The van der Waals surface area contributed by atoms with E-state index in [2.05, 4.69) is 24.3 Å². The summed E-state index contributed by atoms with van der Waals surface area (Å²) in [5, 5.41) is 1.77. The molecule has 2 heterocycles. The summed E-state index contributed by atoms with van der Waals surface area (Å²) in [6.07, 6.45) is 14.1. The number of fused-ring (bicyclic) bond motifs is 3.